The molecule has 0 aromatic carbocycles. The van der Waals surface area contributed by atoms with Gasteiger partial charge in [0.25, 0.3) is 0 Å². The van der Waals surface area contributed by atoms with E-state index in [0.29, 0.717) is 12.3 Å². The van der Waals surface area contributed by atoms with E-state index in [2.05, 4.69) is 5.32 Å². The van der Waals surface area contributed by atoms with E-state index in [1.54, 1.807) is 6.92 Å². The summed E-state index contributed by atoms with van der Waals surface area (Å²) in [6, 6.07) is 0. The van der Waals surface area contributed by atoms with E-state index in [0.717, 1.165) is 19.4 Å². The van der Waals surface area contributed by atoms with Gasteiger partial charge < -0.3 is 5.32 Å². The second kappa shape index (κ2) is 4.22. The van der Waals surface area contributed by atoms with E-state index in [4.69, 9.17) is 0 Å². The zero-order chi connectivity index (χ0) is 9.03. The summed E-state index contributed by atoms with van der Waals surface area (Å²) >= 11 is 0. The molecular weight excluding hydrogens is 153 g/mol. The van der Waals surface area contributed by atoms with E-state index >= 15 is 0 Å². The number of hydrogen-bond donors (Lipinski definition) is 1. The minimum Gasteiger partial charge on any atom is -0.320 e. The van der Waals surface area contributed by atoms with Crippen LogP contribution in [-0.4, -0.2) is 19.3 Å². The van der Waals surface area contributed by atoms with Crippen molar-refractivity contribution in [3.8, 4) is 0 Å². The van der Waals surface area contributed by atoms with Gasteiger partial charge in [0.15, 0.2) is 0 Å². The molecule has 0 saturated heterocycles. The Hall–Kier alpha value is -0.110. The fourth-order valence-corrected chi connectivity index (χ4v) is 2.10. The molecule has 1 rings (SSSR count). The van der Waals surface area contributed by atoms with E-state index in [1.807, 2.05) is 7.05 Å². The molecule has 1 aliphatic carbocycles. The molecule has 2 heteroatoms. The smallest absolute Gasteiger partial charge is 0.112 e. The lowest BCUT2D eigenvalue weighted by molar-refractivity contribution is 0.0951. The zero-order valence-corrected chi connectivity index (χ0v) is 8.20. The molecule has 72 valence electrons. The predicted octanol–water partition coefficient (Wildman–Crippen LogP) is 2.51. The standard InChI is InChI=1S/C10H20FN/c1-10(11,7-8-12-2)9-5-3-4-6-9/h9,12H,3-8H2,1-2H3. The van der Waals surface area contributed by atoms with Crippen molar-refractivity contribution in [2.24, 2.45) is 5.92 Å². The molecule has 0 heterocycles. The van der Waals surface area contributed by atoms with Crippen molar-refractivity contribution in [2.75, 3.05) is 13.6 Å². The van der Waals surface area contributed by atoms with Crippen LogP contribution in [0.2, 0.25) is 0 Å². The average Bonchev–Trinajstić information content (AvgIpc) is 2.53. The van der Waals surface area contributed by atoms with Crippen LogP contribution in [0.3, 0.4) is 0 Å². The maximum Gasteiger partial charge on any atom is 0.112 e. The Labute approximate surface area is 74.7 Å². The summed E-state index contributed by atoms with van der Waals surface area (Å²) < 4.78 is 13.9. The fourth-order valence-electron chi connectivity index (χ4n) is 2.10. The van der Waals surface area contributed by atoms with Gasteiger partial charge in [-0.25, -0.2) is 4.39 Å². The maximum atomic E-state index is 13.9. The van der Waals surface area contributed by atoms with Crippen LogP contribution in [0.5, 0.6) is 0 Å². The summed E-state index contributed by atoms with van der Waals surface area (Å²) in [5, 5.41) is 3.01. The van der Waals surface area contributed by atoms with Crippen LogP contribution in [0.15, 0.2) is 0 Å². The summed E-state index contributed by atoms with van der Waals surface area (Å²) in [5.41, 5.74) is -0.931. The Morgan fingerprint density at radius 1 is 1.42 bits per heavy atom. The first kappa shape index (κ1) is 9.97. The van der Waals surface area contributed by atoms with Crippen molar-refractivity contribution in [3.63, 3.8) is 0 Å². The van der Waals surface area contributed by atoms with Gasteiger partial charge in [0, 0.05) is 0 Å². The van der Waals surface area contributed by atoms with Gasteiger partial charge in [-0.1, -0.05) is 12.8 Å². The fraction of sp³-hybridized carbons (Fsp3) is 1.00. The van der Waals surface area contributed by atoms with Crippen LogP contribution in [0, 0.1) is 5.92 Å². The lowest BCUT2D eigenvalue weighted by atomic mass is 9.87. The molecule has 0 aliphatic heterocycles. The van der Waals surface area contributed by atoms with E-state index in [9.17, 15) is 4.39 Å². The second-order valence-corrected chi connectivity index (χ2v) is 4.11. The molecule has 0 radical (unpaired) electrons. The summed E-state index contributed by atoms with van der Waals surface area (Å²) in [5.74, 6) is 0.325. The lowest BCUT2D eigenvalue weighted by Crippen LogP contribution is -2.31. The number of rotatable bonds is 4. The number of halogens is 1. The van der Waals surface area contributed by atoms with Gasteiger partial charge in [0.1, 0.15) is 5.67 Å². The van der Waals surface area contributed by atoms with Crippen LogP contribution in [0.4, 0.5) is 4.39 Å². The van der Waals surface area contributed by atoms with Crippen molar-refractivity contribution < 1.29 is 4.39 Å². The topological polar surface area (TPSA) is 12.0 Å². The van der Waals surface area contributed by atoms with Crippen LogP contribution < -0.4 is 5.32 Å². The zero-order valence-electron chi connectivity index (χ0n) is 8.20. The third-order valence-electron chi connectivity index (χ3n) is 3.07. The van der Waals surface area contributed by atoms with Crippen LogP contribution in [-0.2, 0) is 0 Å². The molecule has 12 heavy (non-hydrogen) atoms. The molecule has 1 saturated carbocycles. The van der Waals surface area contributed by atoms with Gasteiger partial charge in [-0.3, -0.25) is 0 Å². The lowest BCUT2D eigenvalue weighted by Gasteiger charge is -2.27. The minimum atomic E-state index is -0.931. The highest BCUT2D eigenvalue weighted by Gasteiger charge is 2.35. The highest BCUT2D eigenvalue weighted by Crippen LogP contribution is 2.38. The Kier molecular flexibility index (Phi) is 3.51. The number of hydrogen-bond acceptors (Lipinski definition) is 1. The van der Waals surface area contributed by atoms with Crippen LogP contribution in [0.25, 0.3) is 0 Å². The second-order valence-electron chi connectivity index (χ2n) is 4.11. The molecule has 1 unspecified atom stereocenters. The third-order valence-corrected chi connectivity index (χ3v) is 3.07. The summed E-state index contributed by atoms with van der Waals surface area (Å²) in [4.78, 5) is 0. The van der Waals surface area contributed by atoms with Crippen molar-refractivity contribution in [3.05, 3.63) is 0 Å². The first-order valence-electron chi connectivity index (χ1n) is 5.00. The molecule has 0 aromatic rings. The van der Waals surface area contributed by atoms with Gasteiger partial charge >= 0.3 is 0 Å². The molecule has 1 aliphatic rings. The first-order valence-corrected chi connectivity index (χ1v) is 5.00. The van der Waals surface area contributed by atoms with Gasteiger partial charge in [0.2, 0.25) is 0 Å². The molecule has 0 aromatic heterocycles. The van der Waals surface area contributed by atoms with Gasteiger partial charge in [-0.05, 0) is 45.7 Å². The summed E-state index contributed by atoms with van der Waals surface area (Å²) in [6.07, 6.45) is 5.30. The van der Waals surface area contributed by atoms with Crippen LogP contribution in [0.1, 0.15) is 39.0 Å². The minimum absolute atomic E-state index is 0.325. The van der Waals surface area contributed by atoms with Crippen molar-refractivity contribution in [1.29, 1.82) is 0 Å². The Balaban J connectivity index is 2.34. The Morgan fingerprint density at radius 3 is 2.50 bits per heavy atom. The van der Waals surface area contributed by atoms with E-state index in [-0.39, 0.29) is 0 Å². The third kappa shape index (κ3) is 2.44. The molecule has 1 fully saturated rings. The molecule has 0 bridgehead atoms. The summed E-state index contributed by atoms with van der Waals surface area (Å²) in [6.45, 7) is 2.56. The maximum absolute atomic E-state index is 13.9. The summed E-state index contributed by atoms with van der Waals surface area (Å²) in [7, 11) is 1.88. The first-order chi connectivity index (χ1) is 5.67. The average molecular weight is 173 g/mol. The largest absolute Gasteiger partial charge is 0.320 e. The Bertz CT molecular complexity index is 128. The van der Waals surface area contributed by atoms with Gasteiger partial charge in [-0.15, -0.1) is 0 Å². The number of nitrogens with one attached hydrogen (secondary N) is 1. The van der Waals surface area contributed by atoms with Crippen molar-refractivity contribution >= 4 is 0 Å². The highest BCUT2D eigenvalue weighted by molar-refractivity contribution is 4.86. The van der Waals surface area contributed by atoms with Crippen molar-refractivity contribution in [2.45, 2.75) is 44.7 Å². The molecular formula is C10H20FN. The molecule has 1 atom stereocenters. The highest BCUT2D eigenvalue weighted by atomic mass is 19.1. The quantitative estimate of drug-likeness (QED) is 0.688. The Morgan fingerprint density at radius 2 is 2.00 bits per heavy atom. The molecule has 0 amide bonds. The molecule has 1 nitrogen and oxygen atoms in total. The molecule has 1 N–H and O–H groups in total. The van der Waals surface area contributed by atoms with Crippen LogP contribution >= 0.6 is 0 Å². The van der Waals surface area contributed by atoms with Gasteiger partial charge in [0.05, 0.1) is 0 Å². The SMILES string of the molecule is CNCCC(C)(F)C1CCCC1. The van der Waals surface area contributed by atoms with Crippen molar-refractivity contribution in [1.82, 2.24) is 5.32 Å². The van der Waals surface area contributed by atoms with Gasteiger partial charge in [-0.2, -0.15) is 0 Å². The number of alkyl halides is 1. The molecule has 0 spiro atoms. The monoisotopic (exact) mass is 173 g/mol. The predicted molar refractivity (Wildman–Crippen MR) is 50.0 cm³/mol. The van der Waals surface area contributed by atoms with E-state index < -0.39 is 5.67 Å². The normalized spacial score (nSPS) is 24.2. The van der Waals surface area contributed by atoms with E-state index in [1.165, 1.54) is 12.8 Å².